The molecule has 19 heavy (non-hydrogen) atoms. The van der Waals surface area contributed by atoms with E-state index in [2.05, 4.69) is 10.3 Å². The molecule has 4 nitrogen and oxygen atoms in total. The molecule has 2 aromatic rings. The highest BCUT2D eigenvalue weighted by Crippen LogP contribution is 2.18. The van der Waals surface area contributed by atoms with Crippen molar-refractivity contribution < 1.29 is 9.53 Å². The van der Waals surface area contributed by atoms with E-state index in [-0.39, 0.29) is 11.8 Å². The number of benzene rings is 1. The van der Waals surface area contributed by atoms with Crippen LogP contribution in [0, 0.1) is 0 Å². The smallest absolute Gasteiger partial charge is 0.231 e. The van der Waals surface area contributed by atoms with E-state index in [1.54, 1.807) is 25.4 Å². The molecule has 1 unspecified atom stereocenters. The minimum Gasteiger partial charge on any atom is -0.481 e. The van der Waals surface area contributed by atoms with Crippen LogP contribution < -0.4 is 10.1 Å². The molecule has 1 heterocycles. The van der Waals surface area contributed by atoms with Crippen LogP contribution in [-0.2, 0) is 4.79 Å². The topological polar surface area (TPSA) is 51.2 Å². The monoisotopic (exact) mass is 256 g/mol. The third-order valence-electron chi connectivity index (χ3n) is 2.91. The highest BCUT2D eigenvalue weighted by Gasteiger charge is 2.14. The molecule has 1 aromatic carbocycles. The molecule has 0 spiro atoms. The average molecular weight is 256 g/mol. The largest absolute Gasteiger partial charge is 0.481 e. The zero-order valence-corrected chi connectivity index (χ0v) is 11.0. The van der Waals surface area contributed by atoms with Gasteiger partial charge in [-0.05, 0) is 18.6 Å². The summed E-state index contributed by atoms with van der Waals surface area (Å²) in [4.78, 5) is 16.1. The summed E-state index contributed by atoms with van der Waals surface area (Å²) in [5.74, 6) is 0.260. The van der Waals surface area contributed by atoms with Crippen molar-refractivity contribution in [3.63, 3.8) is 0 Å². The Morgan fingerprint density at radius 2 is 1.95 bits per heavy atom. The third-order valence-corrected chi connectivity index (χ3v) is 2.91. The summed E-state index contributed by atoms with van der Waals surface area (Å²) in [6.45, 7) is 1.88. The Morgan fingerprint density at radius 3 is 2.53 bits per heavy atom. The molecule has 0 fully saturated rings. The van der Waals surface area contributed by atoms with Gasteiger partial charge in [-0.25, -0.2) is 4.98 Å². The van der Waals surface area contributed by atoms with Gasteiger partial charge in [0, 0.05) is 6.07 Å². The number of rotatable bonds is 4. The van der Waals surface area contributed by atoms with Crippen molar-refractivity contribution in [2.75, 3.05) is 12.4 Å². The summed E-state index contributed by atoms with van der Waals surface area (Å²) in [5.41, 5.74) is 1.65. The van der Waals surface area contributed by atoms with Gasteiger partial charge in [-0.3, -0.25) is 4.79 Å². The first-order chi connectivity index (χ1) is 9.20. The van der Waals surface area contributed by atoms with Gasteiger partial charge >= 0.3 is 0 Å². The number of nitrogens with zero attached hydrogens (tertiary/aromatic N) is 1. The van der Waals surface area contributed by atoms with Crippen LogP contribution in [0.5, 0.6) is 5.88 Å². The molecule has 0 aliphatic rings. The lowest BCUT2D eigenvalue weighted by molar-refractivity contribution is -0.117. The number of carbonyl (C=O) groups excluding carboxylic acids is 1. The Morgan fingerprint density at radius 1 is 1.21 bits per heavy atom. The van der Waals surface area contributed by atoms with Gasteiger partial charge in [0.2, 0.25) is 11.8 Å². The van der Waals surface area contributed by atoms with Crippen LogP contribution >= 0.6 is 0 Å². The lowest BCUT2D eigenvalue weighted by Crippen LogP contribution is -2.18. The van der Waals surface area contributed by atoms with Crippen LogP contribution in [0.25, 0.3) is 0 Å². The fourth-order valence-corrected chi connectivity index (χ4v) is 1.72. The van der Waals surface area contributed by atoms with Crippen LogP contribution in [-0.4, -0.2) is 18.0 Å². The maximum Gasteiger partial charge on any atom is 0.231 e. The Labute approximate surface area is 112 Å². The van der Waals surface area contributed by atoms with Gasteiger partial charge in [0.05, 0.1) is 24.9 Å². The normalized spacial score (nSPS) is 11.7. The highest BCUT2D eigenvalue weighted by atomic mass is 16.5. The molecule has 98 valence electrons. The number of nitrogens with one attached hydrogen (secondary N) is 1. The average Bonchev–Trinajstić information content (AvgIpc) is 2.48. The molecule has 4 heteroatoms. The zero-order chi connectivity index (χ0) is 13.7. The van der Waals surface area contributed by atoms with E-state index in [1.165, 1.54) is 0 Å². The molecule has 0 aliphatic heterocycles. The number of hydrogen-bond acceptors (Lipinski definition) is 3. The molecule has 2 rings (SSSR count). The molecule has 1 atom stereocenters. The van der Waals surface area contributed by atoms with Crippen molar-refractivity contribution in [3.05, 3.63) is 54.2 Å². The highest BCUT2D eigenvalue weighted by molar-refractivity contribution is 5.95. The second-order valence-corrected chi connectivity index (χ2v) is 4.21. The van der Waals surface area contributed by atoms with Gasteiger partial charge in [0.15, 0.2) is 0 Å². The third kappa shape index (κ3) is 3.31. The van der Waals surface area contributed by atoms with Crippen molar-refractivity contribution in [2.24, 2.45) is 0 Å². The van der Waals surface area contributed by atoms with Crippen molar-refractivity contribution in [1.29, 1.82) is 0 Å². The van der Waals surface area contributed by atoms with Gasteiger partial charge < -0.3 is 10.1 Å². The van der Waals surface area contributed by atoms with Crippen molar-refractivity contribution in [2.45, 2.75) is 12.8 Å². The molecule has 1 aromatic heterocycles. The van der Waals surface area contributed by atoms with Gasteiger partial charge in [0.25, 0.3) is 0 Å². The standard InChI is InChI=1S/C15H16N2O2/c1-11(12-6-4-3-5-7-12)15(18)17-13-8-9-14(19-2)16-10-13/h3-11H,1-2H3,(H,17,18). The molecule has 0 saturated heterocycles. The summed E-state index contributed by atoms with van der Waals surface area (Å²) in [5, 5.41) is 2.83. The van der Waals surface area contributed by atoms with Gasteiger partial charge in [-0.15, -0.1) is 0 Å². The van der Waals surface area contributed by atoms with Crippen molar-refractivity contribution in [1.82, 2.24) is 4.98 Å². The summed E-state index contributed by atoms with van der Waals surface area (Å²) in [6, 6.07) is 13.1. The fourth-order valence-electron chi connectivity index (χ4n) is 1.72. The molecule has 0 aliphatic carbocycles. The molecule has 1 N–H and O–H groups in total. The fraction of sp³-hybridized carbons (Fsp3) is 0.200. The van der Waals surface area contributed by atoms with E-state index < -0.39 is 0 Å². The second kappa shape index (κ2) is 6.00. The molecule has 0 bridgehead atoms. The summed E-state index contributed by atoms with van der Waals surface area (Å²) >= 11 is 0. The van der Waals surface area contributed by atoms with E-state index in [0.717, 1.165) is 5.56 Å². The number of methoxy groups -OCH3 is 1. The van der Waals surface area contributed by atoms with E-state index in [4.69, 9.17) is 4.74 Å². The number of amides is 1. The summed E-state index contributed by atoms with van der Waals surface area (Å²) in [7, 11) is 1.55. The Bertz CT molecular complexity index is 538. The number of anilines is 1. The maximum absolute atomic E-state index is 12.1. The van der Waals surface area contributed by atoms with E-state index in [0.29, 0.717) is 11.6 Å². The van der Waals surface area contributed by atoms with Crippen LogP contribution in [0.3, 0.4) is 0 Å². The predicted octanol–water partition coefficient (Wildman–Crippen LogP) is 2.83. The first-order valence-electron chi connectivity index (χ1n) is 6.06. The number of ether oxygens (including phenoxy) is 1. The van der Waals surface area contributed by atoms with Gasteiger partial charge in [-0.1, -0.05) is 30.3 Å². The van der Waals surface area contributed by atoms with Crippen LogP contribution in [0.4, 0.5) is 5.69 Å². The number of aromatic nitrogens is 1. The second-order valence-electron chi connectivity index (χ2n) is 4.21. The van der Waals surface area contributed by atoms with Crippen molar-refractivity contribution >= 4 is 11.6 Å². The number of pyridine rings is 1. The predicted molar refractivity (Wildman–Crippen MR) is 74.3 cm³/mol. The molecular formula is C15H16N2O2. The zero-order valence-electron chi connectivity index (χ0n) is 11.0. The number of hydrogen-bond donors (Lipinski definition) is 1. The van der Waals surface area contributed by atoms with E-state index >= 15 is 0 Å². The summed E-state index contributed by atoms with van der Waals surface area (Å²) < 4.78 is 4.97. The first kappa shape index (κ1) is 13.1. The SMILES string of the molecule is COc1ccc(NC(=O)C(C)c2ccccc2)cn1. The Hall–Kier alpha value is -2.36. The Balaban J connectivity index is 2.04. The van der Waals surface area contributed by atoms with Gasteiger partial charge in [0.1, 0.15) is 0 Å². The van der Waals surface area contributed by atoms with E-state index in [9.17, 15) is 4.79 Å². The Kier molecular flexibility index (Phi) is 4.13. The quantitative estimate of drug-likeness (QED) is 0.915. The van der Waals surface area contributed by atoms with Crippen LogP contribution in [0.15, 0.2) is 48.7 Å². The van der Waals surface area contributed by atoms with Gasteiger partial charge in [-0.2, -0.15) is 0 Å². The lowest BCUT2D eigenvalue weighted by Gasteiger charge is -2.12. The lowest BCUT2D eigenvalue weighted by atomic mass is 10.0. The minimum absolute atomic E-state index is 0.0573. The van der Waals surface area contributed by atoms with Crippen LogP contribution in [0.1, 0.15) is 18.4 Å². The number of carbonyl (C=O) groups is 1. The molecular weight excluding hydrogens is 240 g/mol. The minimum atomic E-state index is -0.205. The van der Waals surface area contributed by atoms with Crippen LogP contribution in [0.2, 0.25) is 0 Å². The molecule has 0 saturated carbocycles. The van der Waals surface area contributed by atoms with Crippen molar-refractivity contribution in [3.8, 4) is 5.88 Å². The maximum atomic E-state index is 12.1. The summed E-state index contributed by atoms with van der Waals surface area (Å²) in [6.07, 6.45) is 1.58. The van der Waals surface area contributed by atoms with E-state index in [1.807, 2.05) is 37.3 Å². The molecule has 0 radical (unpaired) electrons. The first-order valence-corrected chi connectivity index (χ1v) is 6.06. The molecule has 1 amide bonds.